The van der Waals surface area contributed by atoms with Crippen molar-refractivity contribution in [2.75, 3.05) is 5.32 Å². The van der Waals surface area contributed by atoms with Crippen molar-refractivity contribution < 1.29 is 9.21 Å². The van der Waals surface area contributed by atoms with E-state index in [0.29, 0.717) is 11.5 Å². The highest BCUT2D eigenvalue weighted by Gasteiger charge is 2.12. The molecule has 6 heteroatoms. The average molecular weight is 464 g/mol. The number of carbonyl (C=O) groups excluding carboxylic acids is 1. The van der Waals surface area contributed by atoms with Crippen molar-refractivity contribution in [2.45, 2.75) is 6.92 Å². The number of aryl methyl sites for hydroxylation is 1. The zero-order valence-corrected chi connectivity index (χ0v) is 19.2. The summed E-state index contributed by atoms with van der Waals surface area (Å²) in [6.45, 7) is 1.96. The maximum absolute atomic E-state index is 12.7. The molecular formula is C28H21N3O2S. The third-order valence-electron chi connectivity index (χ3n) is 5.51. The van der Waals surface area contributed by atoms with Gasteiger partial charge in [-0.2, -0.15) is 0 Å². The second-order valence-electron chi connectivity index (χ2n) is 7.87. The third-order valence-corrected chi connectivity index (χ3v) is 5.71. The first-order valence-corrected chi connectivity index (χ1v) is 11.2. The van der Waals surface area contributed by atoms with Crippen LogP contribution < -0.4 is 10.6 Å². The monoisotopic (exact) mass is 463 g/mol. The van der Waals surface area contributed by atoms with Gasteiger partial charge < -0.3 is 9.73 Å². The van der Waals surface area contributed by atoms with Crippen LogP contribution in [0.2, 0.25) is 0 Å². The van der Waals surface area contributed by atoms with Gasteiger partial charge in [0.1, 0.15) is 5.52 Å². The Morgan fingerprint density at radius 3 is 2.26 bits per heavy atom. The second-order valence-corrected chi connectivity index (χ2v) is 8.28. The smallest absolute Gasteiger partial charge is 0.257 e. The molecule has 2 N–H and O–H groups in total. The molecule has 1 aromatic heterocycles. The summed E-state index contributed by atoms with van der Waals surface area (Å²) < 4.78 is 5.88. The maximum atomic E-state index is 12.7. The Kier molecular flexibility index (Phi) is 5.89. The van der Waals surface area contributed by atoms with E-state index in [0.717, 1.165) is 39.0 Å². The number of thiocarbonyl (C=S) groups is 1. The van der Waals surface area contributed by atoms with Crippen molar-refractivity contribution >= 4 is 40.0 Å². The van der Waals surface area contributed by atoms with Crippen molar-refractivity contribution in [3.63, 3.8) is 0 Å². The predicted molar refractivity (Wildman–Crippen MR) is 140 cm³/mol. The molecule has 5 nitrogen and oxygen atoms in total. The van der Waals surface area contributed by atoms with Gasteiger partial charge in [-0.25, -0.2) is 4.98 Å². The van der Waals surface area contributed by atoms with Gasteiger partial charge >= 0.3 is 0 Å². The number of oxazole rings is 1. The van der Waals surface area contributed by atoms with E-state index in [1.807, 2.05) is 91.9 Å². The van der Waals surface area contributed by atoms with Gasteiger partial charge in [0.2, 0.25) is 5.89 Å². The third kappa shape index (κ3) is 4.58. The number of hydrogen-bond donors (Lipinski definition) is 2. The minimum atomic E-state index is -0.273. The van der Waals surface area contributed by atoms with Gasteiger partial charge in [0.25, 0.3) is 5.91 Å². The van der Waals surface area contributed by atoms with Crippen LogP contribution in [0.5, 0.6) is 0 Å². The number of carbonyl (C=O) groups is 1. The van der Waals surface area contributed by atoms with E-state index < -0.39 is 0 Å². The number of nitrogens with zero attached hydrogens (tertiary/aromatic N) is 1. The lowest BCUT2D eigenvalue weighted by molar-refractivity contribution is 0.0977. The fourth-order valence-corrected chi connectivity index (χ4v) is 3.86. The standard InChI is InChI=1S/C28H21N3O2S/c1-18-11-12-22(27-29-23-9-5-6-10-25(23)33-27)17-24(18)30-28(34)31-26(32)21-15-13-20(14-16-21)19-7-3-2-4-8-19/h2-17H,1H3,(H2,30,31,32,34). The molecule has 0 saturated carbocycles. The van der Waals surface area contributed by atoms with Gasteiger partial charge in [-0.1, -0.05) is 60.7 Å². The van der Waals surface area contributed by atoms with E-state index in [9.17, 15) is 4.79 Å². The first-order chi connectivity index (χ1) is 16.6. The quantitative estimate of drug-likeness (QED) is 0.294. The first kappa shape index (κ1) is 21.6. The van der Waals surface area contributed by atoms with E-state index in [1.165, 1.54) is 0 Å². The Balaban J connectivity index is 1.28. The fraction of sp³-hybridized carbons (Fsp3) is 0.0357. The number of amides is 1. The molecule has 1 heterocycles. The highest BCUT2D eigenvalue weighted by Crippen LogP contribution is 2.28. The number of hydrogen-bond acceptors (Lipinski definition) is 4. The largest absolute Gasteiger partial charge is 0.436 e. The Morgan fingerprint density at radius 1 is 0.824 bits per heavy atom. The van der Waals surface area contributed by atoms with Gasteiger partial charge in [0.05, 0.1) is 0 Å². The lowest BCUT2D eigenvalue weighted by Crippen LogP contribution is -2.34. The van der Waals surface area contributed by atoms with Gasteiger partial charge in [-0.15, -0.1) is 0 Å². The van der Waals surface area contributed by atoms with Crippen LogP contribution in [-0.2, 0) is 0 Å². The number of nitrogens with one attached hydrogen (secondary N) is 2. The van der Waals surface area contributed by atoms with Crippen molar-refractivity contribution in [1.29, 1.82) is 0 Å². The fourth-order valence-electron chi connectivity index (χ4n) is 3.66. The SMILES string of the molecule is Cc1ccc(-c2nc3ccccc3o2)cc1NC(=S)NC(=O)c1ccc(-c2ccccc2)cc1. The number of fused-ring (bicyclic) bond motifs is 1. The van der Waals surface area contributed by atoms with Gasteiger partial charge in [-0.05, 0) is 72.2 Å². The summed E-state index contributed by atoms with van der Waals surface area (Å²) in [5.41, 5.74) is 6.76. The molecule has 0 aliphatic rings. The van der Waals surface area contributed by atoms with Crippen LogP contribution in [0, 0.1) is 6.92 Å². The number of aromatic nitrogens is 1. The van der Waals surface area contributed by atoms with E-state index in [4.69, 9.17) is 16.6 Å². The molecule has 0 radical (unpaired) electrons. The Morgan fingerprint density at radius 2 is 1.50 bits per heavy atom. The predicted octanol–water partition coefficient (Wildman–Crippen LogP) is 6.60. The number of benzene rings is 4. The van der Waals surface area contributed by atoms with Gasteiger partial charge in [-0.3, -0.25) is 10.1 Å². The van der Waals surface area contributed by atoms with Crippen LogP contribution in [0.15, 0.2) is 101 Å². The maximum Gasteiger partial charge on any atom is 0.257 e. The molecule has 34 heavy (non-hydrogen) atoms. The van der Waals surface area contributed by atoms with E-state index in [1.54, 1.807) is 12.1 Å². The summed E-state index contributed by atoms with van der Waals surface area (Å²) in [6, 6.07) is 30.9. The molecular weight excluding hydrogens is 442 g/mol. The van der Waals surface area contributed by atoms with Crippen molar-refractivity contribution in [3.05, 3.63) is 108 Å². The first-order valence-electron chi connectivity index (χ1n) is 10.8. The average Bonchev–Trinajstić information content (AvgIpc) is 3.30. The number of para-hydroxylation sites is 2. The minimum Gasteiger partial charge on any atom is -0.436 e. The van der Waals surface area contributed by atoms with E-state index in [-0.39, 0.29) is 11.0 Å². The topological polar surface area (TPSA) is 67.2 Å². The summed E-state index contributed by atoms with van der Waals surface area (Å²) in [5.74, 6) is 0.252. The molecule has 0 saturated heterocycles. The summed E-state index contributed by atoms with van der Waals surface area (Å²) in [5, 5.41) is 6.09. The van der Waals surface area contributed by atoms with Crippen molar-refractivity contribution in [1.82, 2.24) is 10.3 Å². The lowest BCUT2D eigenvalue weighted by Gasteiger charge is -2.13. The summed E-state index contributed by atoms with van der Waals surface area (Å²) in [6.07, 6.45) is 0. The van der Waals surface area contributed by atoms with Crippen LogP contribution in [0.25, 0.3) is 33.7 Å². The van der Waals surface area contributed by atoms with E-state index >= 15 is 0 Å². The van der Waals surface area contributed by atoms with Gasteiger partial charge in [0, 0.05) is 16.8 Å². The Labute approximate surface area is 202 Å². The zero-order valence-electron chi connectivity index (χ0n) is 18.4. The second kappa shape index (κ2) is 9.29. The van der Waals surface area contributed by atoms with Gasteiger partial charge in [0.15, 0.2) is 10.7 Å². The molecule has 0 aliphatic carbocycles. The molecule has 0 aliphatic heterocycles. The summed E-state index contributed by atoms with van der Waals surface area (Å²) in [4.78, 5) is 17.3. The molecule has 0 unspecified atom stereocenters. The Bertz CT molecular complexity index is 1460. The molecule has 4 aromatic carbocycles. The molecule has 0 spiro atoms. The lowest BCUT2D eigenvalue weighted by atomic mass is 10.0. The number of anilines is 1. The minimum absolute atomic E-state index is 0.218. The molecule has 0 bridgehead atoms. The summed E-state index contributed by atoms with van der Waals surface area (Å²) >= 11 is 5.40. The van der Waals surface area contributed by atoms with E-state index in [2.05, 4.69) is 15.6 Å². The molecule has 5 rings (SSSR count). The normalized spacial score (nSPS) is 10.7. The molecule has 0 atom stereocenters. The molecule has 1 amide bonds. The van der Waals surface area contributed by atoms with Crippen LogP contribution in [0.1, 0.15) is 15.9 Å². The van der Waals surface area contributed by atoms with Crippen molar-refractivity contribution in [3.8, 4) is 22.6 Å². The molecule has 0 fully saturated rings. The Hall–Kier alpha value is -4.29. The van der Waals surface area contributed by atoms with Crippen LogP contribution in [-0.4, -0.2) is 16.0 Å². The highest BCUT2D eigenvalue weighted by molar-refractivity contribution is 7.80. The molecule has 5 aromatic rings. The summed E-state index contributed by atoms with van der Waals surface area (Å²) in [7, 11) is 0. The van der Waals surface area contributed by atoms with Crippen molar-refractivity contribution in [2.24, 2.45) is 0 Å². The van der Waals surface area contributed by atoms with Crippen LogP contribution >= 0.6 is 12.2 Å². The number of rotatable bonds is 4. The zero-order chi connectivity index (χ0) is 23.5. The molecule has 166 valence electrons. The van der Waals surface area contributed by atoms with Crippen LogP contribution in [0.4, 0.5) is 5.69 Å². The van der Waals surface area contributed by atoms with Crippen LogP contribution in [0.3, 0.4) is 0 Å². The highest BCUT2D eigenvalue weighted by atomic mass is 32.1.